The Kier molecular flexibility index (Phi) is 6.76. The van der Waals surface area contributed by atoms with Crippen LogP contribution < -0.4 is 20.3 Å². The third-order valence-corrected chi connectivity index (χ3v) is 4.37. The van der Waals surface area contributed by atoms with Crippen LogP contribution in [-0.2, 0) is 6.54 Å². The number of carbonyl (C=O) groups is 1. The molecule has 1 heterocycles. The van der Waals surface area contributed by atoms with Gasteiger partial charge in [-0.05, 0) is 61.4 Å². The van der Waals surface area contributed by atoms with Crippen LogP contribution in [0.5, 0.6) is 11.5 Å². The van der Waals surface area contributed by atoms with Crippen molar-refractivity contribution in [2.24, 2.45) is 0 Å². The first-order valence-corrected chi connectivity index (χ1v) is 9.32. The Morgan fingerprint density at radius 3 is 2.55 bits per heavy atom. The van der Waals surface area contributed by atoms with Crippen molar-refractivity contribution in [3.63, 3.8) is 0 Å². The number of amides is 1. The molecule has 150 valence electrons. The highest BCUT2D eigenvalue weighted by molar-refractivity contribution is 5.92. The van der Waals surface area contributed by atoms with Gasteiger partial charge in [0.1, 0.15) is 17.2 Å². The van der Waals surface area contributed by atoms with E-state index in [2.05, 4.69) is 20.8 Å². The minimum atomic E-state index is -0.356. The standard InChI is InChI=1S/C22H24N4O3/c1-4-29-18-9-6-16(7-10-18)20-13-23-14-21(25-20)22(27)26-24-12-17-11-19(28-3)8-5-15(17)2/h5-11,13-14,24H,4,12H2,1-3H3,(H,26,27). The van der Waals surface area contributed by atoms with Gasteiger partial charge in [0.2, 0.25) is 0 Å². The van der Waals surface area contributed by atoms with Gasteiger partial charge < -0.3 is 9.47 Å². The molecule has 0 fully saturated rings. The summed E-state index contributed by atoms with van der Waals surface area (Å²) in [4.78, 5) is 21.0. The van der Waals surface area contributed by atoms with Crippen LogP contribution in [0.15, 0.2) is 54.9 Å². The Balaban J connectivity index is 1.63. The molecule has 7 heteroatoms. The van der Waals surface area contributed by atoms with E-state index in [-0.39, 0.29) is 11.6 Å². The first-order valence-electron chi connectivity index (χ1n) is 9.32. The highest BCUT2D eigenvalue weighted by atomic mass is 16.5. The van der Waals surface area contributed by atoms with Crippen molar-refractivity contribution in [2.75, 3.05) is 13.7 Å². The smallest absolute Gasteiger partial charge is 0.285 e. The molecule has 0 bridgehead atoms. The number of aryl methyl sites for hydroxylation is 1. The zero-order chi connectivity index (χ0) is 20.6. The van der Waals surface area contributed by atoms with E-state index < -0.39 is 0 Å². The molecule has 3 aromatic rings. The fourth-order valence-electron chi connectivity index (χ4n) is 2.75. The Labute approximate surface area is 170 Å². The maximum atomic E-state index is 12.4. The molecule has 0 spiro atoms. The number of hydrazine groups is 1. The lowest BCUT2D eigenvalue weighted by atomic mass is 10.1. The zero-order valence-corrected chi connectivity index (χ0v) is 16.7. The summed E-state index contributed by atoms with van der Waals surface area (Å²) >= 11 is 0. The topological polar surface area (TPSA) is 85.4 Å². The zero-order valence-electron chi connectivity index (χ0n) is 16.7. The highest BCUT2D eigenvalue weighted by Crippen LogP contribution is 2.20. The summed E-state index contributed by atoms with van der Waals surface area (Å²) in [6, 6.07) is 13.3. The normalized spacial score (nSPS) is 10.4. The summed E-state index contributed by atoms with van der Waals surface area (Å²) < 4.78 is 10.7. The summed E-state index contributed by atoms with van der Waals surface area (Å²) in [5.41, 5.74) is 9.43. The number of benzene rings is 2. The van der Waals surface area contributed by atoms with Crippen molar-refractivity contribution >= 4 is 5.91 Å². The van der Waals surface area contributed by atoms with Gasteiger partial charge in [-0.1, -0.05) is 6.07 Å². The Hall–Kier alpha value is -3.45. The van der Waals surface area contributed by atoms with Gasteiger partial charge in [-0.2, -0.15) is 0 Å². The van der Waals surface area contributed by atoms with Crippen molar-refractivity contribution in [2.45, 2.75) is 20.4 Å². The van der Waals surface area contributed by atoms with Crippen molar-refractivity contribution < 1.29 is 14.3 Å². The number of ether oxygens (including phenoxy) is 2. The van der Waals surface area contributed by atoms with E-state index in [1.54, 1.807) is 13.3 Å². The number of rotatable bonds is 8. The SMILES string of the molecule is CCOc1ccc(-c2cncc(C(=O)NNCc3cc(OC)ccc3C)n2)cc1. The van der Waals surface area contributed by atoms with Crippen LogP contribution >= 0.6 is 0 Å². The number of methoxy groups -OCH3 is 1. The lowest BCUT2D eigenvalue weighted by Crippen LogP contribution is -2.37. The van der Waals surface area contributed by atoms with Gasteiger partial charge in [0, 0.05) is 12.1 Å². The second-order valence-electron chi connectivity index (χ2n) is 6.35. The summed E-state index contributed by atoms with van der Waals surface area (Å²) in [6.07, 6.45) is 3.06. The molecule has 0 saturated carbocycles. The first-order chi connectivity index (χ1) is 14.1. The predicted molar refractivity (Wildman–Crippen MR) is 111 cm³/mol. The van der Waals surface area contributed by atoms with E-state index in [1.165, 1.54) is 6.20 Å². The molecule has 1 aromatic heterocycles. The molecule has 0 atom stereocenters. The highest BCUT2D eigenvalue weighted by Gasteiger charge is 2.10. The molecule has 29 heavy (non-hydrogen) atoms. The second-order valence-corrected chi connectivity index (χ2v) is 6.35. The molecule has 0 aliphatic heterocycles. The fourth-order valence-corrected chi connectivity index (χ4v) is 2.75. The van der Waals surface area contributed by atoms with Crippen LogP contribution in [0.1, 0.15) is 28.5 Å². The van der Waals surface area contributed by atoms with E-state index in [9.17, 15) is 4.79 Å². The molecule has 2 N–H and O–H groups in total. The number of carbonyl (C=O) groups excluding carboxylic acids is 1. The number of nitrogens with one attached hydrogen (secondary N) is 2. The molecule has 0 aliphatic carbocycles. The molecule has 0 radical (unpaired) electrons. The van der Waals surface area contributed by atoms with Crippen LogP contribution in [0.2, 0.25) is 0 Å². The summed E-state index contributed by atoms with van der Waals surface area (Å²) in [6.45, 7) is 5.01. The fraction of sp³-hybridized carbons (Fsp3) is 0.227. The Morgan fingerprint density at radius 2 is 1.83 bits per heavy atom. The van der Waals surface area contributed by atoms with Gasteiger partial charge in [-0.3, -0.25) is 15.2 Å². The van der Waals surface area contributed by atoms with Crippen molar-refractivity contribution in [1.29, 1.82) is 0 Å². The van der Waals surface area contributed by atoms with Crippen molar-refractivity contribution in [3.8, 4) is 22.8 Å². The third-order valence-electron chi connectivity index (χ3n) is 4.37. The summed E-state index contributed by atoms with van der Waals surface area (Å²) in [7, 11) is 1.62. The molecule has 0 saturated heterocycles. The molecule has 2 aromatic carbocycles. The quantitative estimate of drug-likeness (QED) is 0.572. The number of aromatic nitrogens is 2. The minimum Gasteiger partial charge on any atom is -0.497 e. The first kappa shape index (κ1) is 20.3. The molecule has 0 aliphatic rings. The van der Waals surface area contributed by atoms with Gasteiger partial charge >= 0.3 is 0 Å². The van der Waals surface area contributed by atoms with Crippen LogP contribution in [0, 0.1) is 6.92 Å². The number of nitrogens with zero attached hydrogens (tertiary/aromatic N) is 2. The molecule has 3 rings (SSSR count). The molecular weight excluding hydrogens is 368 g/mol. The maximum absolute atomic E-state index is 12.4. The second kappa shape index (κ2) is 9.66. The van der Waals surface area contributed by atoms with E-state index >= 15 is 0 Å². The summed E-state index contributed by atoms with van der Waals surface area (Å²) in [5, 5.41) is 0. The van der Waals surface area contributed by atoms with Crippen LogP contribution in [0.3, 0.4) is 0 Å². The summed E-state index contributed by atoms with van der Waals surface area (Å²) in [5.74, 6) is 1.20. The Morgan fingerprint density at radius 1 is 1.07 bits per heavy atom. The van der Waals surface area contributed by atoms with Gasteiger partial charge in [0.25, 0.3) is 5.91 Å². The lowest BCUT2D eigenvalue weighted by Gasteiger charge is -2.11. The van der Waals surface area contributed by atoms with Crippen molar-refractivity contribution in [1.82, 2.24) is 20.8 Å². The van der Waals surface area contributed by atoms with E-state index in [0.29, 0.717) is 18.8 Å². The molecule has 1 amide bonds. The van der Waals surface area contributed by atoms with Crippen molar-refractivity contribution in [3.05, 3.63) is 71.7 Å². The van der Waals surface area contributed by atoms with Crippen LogP contribution in [0.4, 0.5) is 0 Å². The van der Waals surface area contributed by atoms with E-state index in [4.69, 9.17) is 9.47 Å². The minimum absolute atomic E-state index is 0.228. The average molecular weight is 392 g/mol. The number of hydrogen-bond acceptors (Lipinski definition) is 6. The molecular formula is C22H24N4O3. The van der Waals surface area contributed by atoms with Gasteiger partial charge in [0.15, 0.2) is 0 Å². The van der Waals surface area contributed by atoms with Gasteiger partial charge in [-0.15, -0.1) is 0 Å². The van der Waals surface area contributed by atoms with Crippen LogP contribution in [0.25, 0.3) is 11.3 Å². The molecule has 0 unspecified atom stereocenters. The lowest BCUT2D eigenvalue weighted by molar-refractivity contribution is 0.0927. The number of hydrogen-bond donors (Lipinski definition) is 2. The average Bonchev–Trinajstić information content (AvgIpc) is 2.76. The largest absolute Gasteiger partial charge is 0.497 e. The molecule has 7 nitrogen and oxygen atoms in total. The van der Waals surface area contributed by atoms with Crippen LogP contribution in [-0.4, -0.2) is 29.6 Å². The van der Waals surface area contributed by atoms with E-state index in [1.807, 2.05) is 56.3 Å². The Bertz CT molecular complexity index is 974. The van der Waals surface area contributed by atoms with E-state index in [0.717, 1.165) is 28.2 Å². The maximum Gasteiger partial charge on any atom is 0.285 e. The predicted octanol–water partition coefficient (Wildman–Crippen LogP) is 3.29. The van der Waals surface area contributed by atoms with Gasteiger partial charge in [0.05, 0.1) is 31.8 Å². The monoisotopic (exact) mass is 392 g/mol. The third kappa shape index (κ3) is 5.30. The van der Waals surface area contributed by atoms with Gasteiger partial charge in [-0.25, -0.2) is 10.4 Å².